The Morgan fingerprint density at radius 1 is 0.526 bits per heavy atom. The summed E-state index contributed by atoms with van der Waals surface area (Å²) in [5, 5.41) is 87.3. The molecular formula is C34H43Cl3K2N13Na2O20S4-3. The van der Waals surface area contributed by atoms with Crippen LogP contribution in [0.5, 0.6) is 0 Å². The number of carboxylic acid groups (broad SMARTS) is 3. The van der Waals surface area contributed by atoms with Gasteiger partial charge in [-0.15, -0.1) is 8.80 Å². The number of carboxylic acids is 3. The summed E-state index contributed by atoms with van der Waals surface area (Å²) in [5.41, 5.74) is 15.1. The molecule has 0 saturated heterocycles. The first-order valence-corrected chi connectivity index (χ1v) is 23.8. The summed E-state index contributed by atoms with van der Waals surface area (Å²) in [4.78, 5) is 33.2. The van der Waals surface area contributed by atoms with E-state index in [4.69, 9.17) is 48.7 Å². The maximum Gasteiger partial charge on any atom is 1.00 e. The van der Waals surface area contributed by atoms with E-state index in [1.807, 2.05) is 0 Å². The number of benzene rings is 2. The Morgan fingerprint density at radius 2 is 0.756 bits per heavy atom. The van der Waals surface area contributed by atoms with Gasteiger partial charge in [-0.25, -0.2) is 0 Å². The molecule has 33 nitrogen and oxygen atoms in total. The fourth-order valence-electron chi connectivity index (χ4n) is 4.05. The van der Waals surface area contributed by atoms with Gasteiger partial charge >= 0.3 is 200 Å². The Kier molecular flexibility index (Phi) is 50.0. The minimum atomic E-state index is -3.97. The zero-order valence-electron chi connectivity index (χ0n) is 42.3. The van der Waals surface area contributed by atoms with E-state index < -0.39 is 82.2 Å². The third-order valence-corrected chi connectivity index (χ3v) is 11.5. The quantitative estimate of drug-likeness (QED) is 0.0737. The number of halogens is 3. The molecule has 0 spiro atoms. The fraction of sp³-hybridized carbons (Fsp3) is 0.235. The van der Waals surface area contributed by atoms with Crippen molar-refractivity contribution in [2.45, 2.75) is 23.6 Å². The molecule has 4 aliphatic rings. The third-order valence-electron chi connectivity index (χ3n) is 7.08. The molecular weight excluding hydrogens is 1270 g/mol. The normalized spacial score (nSPS) is 14.4. The van der Waals surface area contributed by atoms with E-state index in [0.29, 0.717) is 0 Å². The van der Waals surface area contributed by atoms with Crippen LogP contribution in [0, 0.1) is 16.2 Å². The molecule has 0 unspecified atom stereocenters. The number of guanidine groups is 3. The number of sulfonamides is 2. The van der Waals surface area contributed by atoms with Gasteiger partial charge in [0.1, 0.15) is 31.2 Å². The summed E-state index contributed by atoms with van der Waals surface area (Å²) >= 11 is 0. The van der Waals surface area contributed by atoms with Crippen LogP contribution in [0.4, 0.5) is 0 Å². The van der Waals surface area contributed by atoms with Crippen molar-refractivity contribution in [3.63, 3.8) is 0 Å². The average molecular weight is 1310 g/mol. The third kappa shape index (κ3) is 37.6. The van der Waals surface area contributed by atoms with Crippen molar-refractivity contribution < 1.29 is 291 Å². The zero-order chi connectivity index (χ0) is 55.4. The molecule has 0 radical (unpaired) electrons. The van der Waals surface area contributed by atoms with Crippen molar-refractivity contribution >= 4 is 100 Å². The van der Waals surface area contributed by atoms with Crippen molar-refractivity contribution in [2.24, 2.45) is 34.8 Å². The van der Waals surface area contributed by atoms with Crippen LogP contribution in [-0.2, 0) is 63.4 Å². The Labute approximate surface area is 595 Å². The zero-order valence-corrected chi connectivity index (χ0v) is 58.1. The summed E-state index contributed by atoms with van der Waals surface area (Å²) in [6, 6.07) is 12.0. The van der Waals surface area contributed by atoms with Crippen LogP contribution in [0.15, 0.2) is 99.6 Å². The fourth-order valence-corrected chi connectivity index (χ4v) is 7.63. The minimum Gasteiger partial charge on any atom is -1.00 e. The maximum atomic E-state index is 11.1. The van der Waals surface area contributed by atoms with E-state index in [9.17, 15) is 68.5 Å². The molecule has 4 heterocycles. The number of fused-ring (bicyclic) bond motifs is 2. The van der Waals surface area contributed by atoms with Crippen LogP contribution in [0.1, 0.15) is 25.0 Å². The number of allylic oxidation sites excluding steroid dienone is 2. The van der Waals surface area contributed by atoms with Gasteiger partial charge in [0.2, 0.25) is 0 Å². The summed E-state index contributed by atoms with van der Waals surface area (Å²) in [5.74, 6) is -6.57. The number of nitrogens with one attached hydrogen (secondary N) is 3. The van der Waals surface area contributed by atoms with Gasteiger partial charge in [0.05, 0.1) is 9.79 Å². The standard InChI is InChI=1S/2C7H5NO3S.3C4H9N3O2.2C4H5NO4S.3ClH.2K.2Na/c2*9-7-5-3-1-2-4-6(5)12(10,11)8-7;3*1-7(4(5)6)2-3(8)9;2*1-3-2-4(6)5-10(7,8)9-3;;;;;;;/h2*1-4H,(H,8,9);3*2H2,1H3,(H3,5,6)(H,8,9);2*2H,1H3,(H,5,6);3*1H;;;;/q;;;;;;;;;;4*+1/p-7. The predicted octanol–water partition coefficient (Wildman–Crippen LogP) is -27.4. The number of hydrogen-bond donors (Lipinski definition) is 9. The van der Waals surface area contributed by atoms with Crippen LogP contribution >= 0.6 is 0 Å². The first kappa shape index (κ1) is 92.0. The molecule has 78 heavy (non-hydrogen) atoms. The van der Waals surface area contributed by atoms with Crippen LogP contribution in [-0.4, -0.2) is 164 Å². The van der Waals surface area contributed by atoms with E-state index in [-0.39, 0.29) is 269 Å². The molecule has 2 aromatic carbocycles. The number of likely N-dealkylation sites (N-methyl/N-ethyl adjacent to an activating group) is 3. The topological polar surface area (TPSA) is 568 Å². The van der Waals surface area contributed by atoms with E-state index in [1.165, 1.54) is 59.3 Å². The summed E-state index contributed by atoms with van der Waals surface area (Å²) in [7, 11) is -11.0. The van der Waals surface area contributed by atoms with Gasteiger partial charge in [0, 0.05) is 55.9 Å². The molecule has 2 aromatic rings. The maximum absolute atomic E-state index is 11.1. The van der Waals surface area contributed by atoms with Crippen LogP contribution < -0.4 is 237 Å². The predicted molar refractivity (Wildman–Crippen MR) is 239 cm³/mol. The molecule has 0 fully saturated rings. The molecule has 0 aromatic heterocycles. The van der Waals surface area contributed by atoms with Crippen molar-refractivity contribution in [1.29, 1.82) is 16.2 Å². The average Bonchev–Trinajstić information content (AvgIpc) is 3.58. The van der Waals surface area contributed by atoms with Crippen molar-refractivity contribution in [1.82, 2.24) is 14.7 Å². The molecule has 0 atom stereocenters. The van der Waals surface area contributed by atoms with Gasteiger partial charge < -0.3 is 113 Å². The Morgan fingerprint density at radius 3 is 0.923 bits per heavy atom. The number of hydrogen-bond acceptors (Lipinski definition) is 20. The Hall–Kier alpha value is -2.44. The number of nitrogens with two attached hydrogens (primary N) is 3. The molecule has 416 valence electrons. The Bertz CT molecular complexity index is 2820. The first-order chi connectivity index (χ1) is 32.3. The second kappa shape index (κ2) is 42.4. The summed E-state index contributed by atoms with van der Waals surface area (Å²) in [6.45, 7) is 2.05. The van der Waals surface area contributed by atoms with Gasteiger partial charge in [-0.3, -0.25) is 30.6 Å². The number of nitrogens with zero attached hydrogens (tertiary/aromatic N) is 7. The van der Waals surface area contributed by atoms with Gasteiger partial charge in [-0.2, -0.15) is 42.5 Å². The molecule has 0 saturated carbocycles. The first-order valence-electron chi connectivity index (χ1n) is 18.2. The smallest absolute Gasteiger partial charge is 1.00 e. The van der Waals surface area contributed by atoms with Crippen LogP contribution in [0.2, 0.25) is 0 Å². The van der Waals surface area contributed by atoms with Crippen LogP contribution in [0.3, 0.4) is 0 Å². The number of carbonyl (C=O) groups is 3. The summed E-state index contributed by atoms with van der Waals surface area (Å²) < 4.78 is 106. The van der Waals surface area contributed by atoms with Gasteiger partial charge in [-0.1, -0.05) is 36.4 Å². The van der Waals surface area contributed by atoms with E-state index in [2.05, 4.69) is 26.0 Å². The number of aliphatic carboxylic acids is 3. The molecule has 0 aliphatic carbocycles. The van der Waals surface area contributed by atoms with Crippen molar-refractivity contribution in [3.05, 3.63) is 83.3 Å². The molecule has 0 amide bonds. The Balaban J connectivity index is -0.000000121. The second-order valence-corrected chi connectivity index (χ2v) is 18.6. The molecule has 44 heteroatoms. The van der Waals surface area contributed by atoms with Gasteiger partial charge in [0.15, 0.2) is 17.9 Å². The number of rotatable bonds is 6. The van der Waals surface area contributed by atoms with Crippen molar-refractivity contribution in [2.75, 3.05) is 40.8 Å². The van der Waals surface area contributed by atoms with E-state index in [1.54, 1.807) is 24.3 Å². The largest absolute Gasteiger partial charge is 1.00 e. The minimum absolute atomic E-state index is 0. The van der Waals surface area contributed by atoms with E-state index >= 15 is 0 Å². The van der Waals surface area contributed by atoms with E-state index in [0.717, 1.165) is 26.9 Å². The van der Waals surface area contributed by atoms with Crippen LogP contribution in [0.25, 0.3) is 0 Å². The van der Waals surface area contributed by atoms with Gasteiger partial charge in [-0.05, 0) is 38.1 Å². The SMILES string of the molecule is CC1=CC([O-])=NS(=O)(=O)O1.CC1=CC([O-])=NS(=O)(=O)O1.CN(CC(=O)O)C(=N)N.CN(CC(=O)O)C(=N)N.CN(CC(=O)O)C(=N)N.O=S1(=O)N=C([O-])c2ccccc21.O=S1(=O)N=C([O-])c2ccccc21.[Cl-].[Cl-].[Cl-].[K+].[K+].[Na+].[Na+]. The molecule has 6 rings (SSSR count). The monoisotopic (exact) mass is 1310 g/mol. The van der Waals surface area contributed by atoms with Crippen molar-refractivity contribution in [3.8, 4) is 0 Å². The van der Waals surface area contributed by atoms with Gasteiger partial charge in [0.25, 0.3) is 20.0 Å². The molecule has 12 N–H and O–H groups in total. The summed E-state index contributed by atoms with van der Waals surface area (Å²) in [6.07, 6.45) is 2.00. The second-order valence-electron chi connectivity index (χ2n) is 13.0. The molecule has 4 aliphatic heterocycles. The molecule has 0 bridgehead atoms.